The number of hydrogen-bond donors (Lipinski definition) is 0. The van der Waals surface area contributed by atoms with Crippen LogP contribution in [-0.2, 0) is 9.16 Å². The van der Waals surface area contributed by atoms with Gasteiger partial charge in [0, 0.05) is 29.3 Å². The zero-order valence-corrected chi connectivity index (χ0v) is 23.5. The number of methoxy groups -OCH3 is 1. The van der Waals surface area contributed by atoms with E-state index in [1.54, 1.807) is 13.2 Å². The molecule has 1 saturated heterocycles. The molecule has 1 heterocycles. The van der Waals surface area contributed by atoms with Crippen LogP contribution >= 0.6 is 11.6 Å². The Kier molecular flexibility index (Phi) is 10.4. The molecule has 1 aromatic rings. The number of ether oxygens (including phenoxy) is 1. The van der Waals surface area contributed by atoms with Gasteiger partial charge < -0.3 is 14.1 Å². The van der Waals surface area contributed by atoms with Gasteiger partial charge in [0.1, 0.15) is 0 Å². The number of halogens is 1. The molecule has 2 rings (SSSR count). The van der Waals surface area contributed by atoms with Gasteiger partial charge in [-0.3, -0.25) is 10.1 Å². The third kappa shape index (κ3) is 7.67. The van der Waals surface area contributed by atoms with Crippen molar-refractivity contribution in [1.29, 1.82) is 0 Å². The molecule has 2 atom stereocenters. The zero-order valence-electron chi connectivity index (χ0n) is 21.8. The van der Waals surface area contributed by atoms with Crippen molar-refractivity contribution in [2.45, 2.75) is 70.6 Å². The summed E-state index contributed by atoms with van der Waals surface area (Å²) in [5.74, 6) is -0.438. The Morgan fingerprint density at radius 1 is 1.35 bits per heavy atom. The van der Waals surface area contributed by atoms with Crippen LogP contribution in [0.2, 0.25) is 23.2 Å². The largest absolute Gasteiger partial charge is 0.413 e. The van der Waals surface area contributed by atoms with Gasteiger partial charge in [-0.25, -0.2) is 0 Å². The normalized spacial score (nSPS) is 18.9. The third-order valence-electron chi connectivity index (χ3n) is 7.10. The van der Waals surface area contributed by atoms with Crippen LogP contribution < -0.4 is 0 Å². The highest BCUT2D eigenvalue weighted by atomic mass is 35.5. The minimum absolute atomic E-state index is 0.132. The first kappa shape index (κ1) is 28.6. The Balaban J connectivity index is 2.46. The standard InChI is InChI=1S/C26H41ClN2O4Si/c1-20(14-16-33-34(6,7)26(2,3)4)25(28-15-10-11-22(28)19-32-5)17-21(18-29(30)31)23-12-8-9-13-24(23)27/h8-9,12-14,17,21-22H,10-11,15-16,18-19H2,1-7H3/b20-14-,25-17+/t21-,22-/m0/s1. The molecule has 190 valence electrons. The van der Waals surface area contributed by atoms with Gasteiger partial charge in [0.25, 0.3) is 0 Å². The second kappa shape index (κ2) is 12.3. The average Bonchev–Trinajstić information content (AvgIpc) is 3.18. The van der Waals surface area contributed by atoms with Crippen molar-refractivity contribution in [3.8, 4) is 0 Å². The van der Waals surface area contributed by atoms with E-state index in [4.69, 9.17) is 20.8 Å². The van der Waals surface area contributed by atoms with Crippen molar-refractivity contribution in [1.82, 2.24) is 4.90 Å². The minimum atomic E-state index is -1.88. The predicted octanol–water partition coefficient (Wildman–Crippen LogP) is 6.66. The number of allylic oxidation sites excluding steroid dienone is 1. The first-order valence-electron chi connectivity index (χ1n) is 12.0. The molecule has 1 aliphatic rings. The maximum absolute atomic E-state index is 11.6. The lowest BCUT2D eigenvalue weighted by molar-refractivity contribution is -0.481. The molecule has 6 nitrogen and oxygen atoms in total. The molecular weight excluding hydrogens is 468 g/mol. The Morgan fingerprint density at radius 3 is 2.62 bits per heavy atom. The first-order valence-corrected chi connectivity index (χ1v) is 15.3. The Labute approximate surface area is 211 Å². The Bertz CT molecular complexity index is 895. The van der Waals surface area contributed by atoms with Crippen LogP contribution in [0.4, 0.5) is 0 Å². The molecule has 0 unspecified atom stereocenters. The van der Waals surface area contributed by atoms with Crippen molar-refractivity contribution in [3.63, 3.8) is 0 Å². The summed E-state index contributed by atoms with van der Waals surface area (Å²) < 4.78 is 11.9. The molecule has 8 heteroatoms. The van der Waals surface area contributed by atoms with Crippen LogP contribution in [0.25, 0.3) is 0 Å². The molecule has 1 fully saturated rings. The van der Waals surface area contributed by atoms with Crippen molar-refractivity contribution in [2.24, 2.45) is 0 Å². The second-order valence-corrected chi connectivity index (χ2v) is 15.8. The van der Waals surface area contributed by atoms with E-state index in [0.717, 1.165) is 36.2 Å². The van der Waals surface area contributed by atoms with Crippen LogP contribution in [0.15, 0.2) is 47.7 Å². The molecule has 1 aliphatic heterocycles. The van der Waals surface area contributed by atoms with Gasteiger partial charge in [0.2, 0.25) is 6.54 Å². The van der Waals surface area contributed by atoms with Crippen LogP contribution in [0.1, 0.15) is 52.0 Å². The van der Waals surface area contributed by atoms with Gasteiger partial charge in [0.15, 0.2) is 8.32 Å². The summed E-state index contributed by atoms with van der Waals surface area (Å²) in [5.41, 5.74) is 2.83. The molecule has 0 bridgehead atoms. The number of nitro groups is 1. The average molecular weight is 509 g/mol. The highest BCUT2D eigenvalue weighted by Gasteiger charge is 2.37. The summed E-state index contributed by atoms with van der Waals surface area (Å²) in [6.45, 7) is 15.1. The van der Waals surface area contributed by atoms with Crippen LogP contribution in [0.3, 0.4) is 0 Å². The lowest BCUT2D eigenvalue weighted by Crippen LogP contribution is -2.40. The summed E-state index contributed by atoms with van der Waals surface area (Å²) in [6, 6.07) is 7.62. The van der Waals surface area contributed by atoms with E-state index in [0.29, 0.717) is 18.2 Å². The Hall–Kier alpha value is -1.67. The van der Waals surface area contributed by atoms with Crippen molar-refractivity contribution in [3.05, 3.63) is 68.4 Å². The zero-order chi connectivity index (χ0) is 25.5. The number of rotatable bonds is 11. The number of nitrogens with zero attached hydrogens (tertiary/aromatic N) is 2. The van der Waals surface area contributed by atoms with Gasteiger partial charge in [-0.05, 0) is 61.2 Å². The summed E-state index contributed by atoms with van der Waals surface area (Å²) >= 11 is 6.46. The minimum Gasteiger partial charge on any atom is -0.413 e. The molecule has 0 radical (unpaired) electrons. The van der Waals surface area contributed by atoms with Crippen molar-refractivity contribution >= 4 is 19.9 Å². The van der Waals surface area contributed by atoms with E-state index in [1.807, 2.05) is 24.3 Å². The summed E-state index contributed by atoms with van der Waals surface area (Å²) in [5, 5.41) is 12.3. The summed E-state index contributed by atoms with van der Waals surface area (Å²) in [4.78, 5) is 13.7. The monoisotopic (exact) mass is 508 g/mol. The number of benzene rings is 1. The third-order valence-corrected chi connectivity index (χ3v) is 11.9. The van der Waals surface area contributed by atoms with Gasteiger partial charge in [-0.1, -0.05) is 56.6 Å². The predicted molar refractivity (Wildman–Crippen MR) is 143 cm³/mol. The smallest absolute Gasteiger partial charge is 0.214 e. The van der Waals surface area contributed by atoms with E-state index in [9.17, 15) is 10.1 Å². The van der Waals surface area contributed by atoms with Gasteiger partial charge >= 0.3 is 0 Å². The molecule has 0 amide bonds. The van der Waals surface area contributed by atoms with E-state index in [1.165, 1.54) is 0 Å². The fraction of sp³-hybridized carbons (Fsp3) is 0.615. The molecule has 0 N–H and O–H groups in total. The van der Waals surface area contributed by atoms with Crippen LogP contribution in [0.5, 0.6) is 0 Å². The van der Waals surface area contributed by atoms with E-state index in [-0.39, 0.29) is 22.5 Å². The molecule has 0 spiro atoms. The summed E-state index contributed by atoms with van der Waals surface area (Å²) in [6.07, 6.45) is 6.23. The number of likely N-dealkylation sites (tertiary alicyclic amines) is 1. The van der Waals surface area contributed by atoms with Crippen molar-refractivity contribution < 1.29 is 14.1 Å². The molecule has 0 saturated carbocycles. The molecule has 34 heavy (non-hydrogen) atoms. The molecule has 0 aromatic heterocycles. The van der Waals surface area contributed by atoms with Gasteiger partial charge in [-0.2, -0.15) is 0 Å². The van der Waals surface area contributed by atoms with Gasteiger partial charge in [-0.15, -0.1) is 0 Å². The second-order valence-electron chi connectivity index (χ2n) is 10.6. The lowest BCUT2D eigenvalue weighted by atomic mass is 9.95. The SMILES string of the molecule is COC[C@@H]1CCCN1C(=C/[C@@H](C[N+](=O)[O-])c1ccccc1Cl)/C(C)=C\CO[Si](C)(C)C(C)(C)C. The van der Waals surface area contributed by atoms with E-state index < -0.39 is 14.2 Å². The van der Waals surface area contributed by atoms with Gasteiger partial charge in [0.05, 0.1) is 25.2 Å². The molecular formula is C26H41ClN2O4Si. The van der Waals surface area contributed by atoms with E-state index in [2.05, 4.69) is 51.8 Å². The molecule has 1 aromatic carbocycles. The summed E-state index contributed by atoms with van der Waals surface area (Å²) in [7, 11) is -0.165. The molecule has 0 aliphatic carbocycles. The fourth-order valence-corrected chi connectivity index (χ4v) is 5.24. The highest BCUT2D eigenvalue weighted by Crippen LogP contribution is 2.37. The lowest BCUT2D eigenvalue weighted by Gasteiger charge is -2.36. The van der Waals surface area contributed by atoms with Crippen LogP contribution in [0, 0.1) is 10.1 Å². The first-order chi connectivity index (χ1) is 15.9. The van der Waals surface area contributed by atoms with Crippen LogP contribution in [-0.4, -0.2) is 57.6 Å². The topological polar surface area (TPSA) is 64.8 Å². The highest BCUT2D eigenvalue weighted by molar-refractivity contribution is 6.74. The maximum atomic E-state index is 11.6. The quantitative estimate of drug-likeness (QED) is 0.145. The fourth-order valence-electron chi connectivity index (χ4n) is 4.04. The van der Waals surface area contributed by atoms with E-state index >= 15 is 0 Å². The Morgan fingerprint density at radius 2 is 2.03 bits per heavy atom. The maximum Gasteiger partial charge on any atom is 0.214 e. The van der Waals surface area contributed by atoms with Crippen molar-refractivity contribution in [2.75, 3.05) is 33.4 Å². The number of hydrogen-bond acceptors (Lipinski definition) is 5.